The summed E-state index contributed by atoms with van der Waals surface area (Å²) in [4.78, 5) is 21.3. The minimum atomic E-state index is -0.340. The molecule has 0 bridgehead atoms. The van der Waals surface area contributed by atoms with Gasteiger partial charge in [0.05, 0.1) is 11.6 Å². The molecule has 2 rings (SSSR count). The smallest absolute Gasteiger partial charge is 0.257 e. The topological polar surface area (TPSA) is 105 Å². The monoisotopic (exact) mass is 235 g/mol. The van der Waals surface area contributed by atoms with E-state index in [9.17, 15) is 4.79 Å². The van der Waals surface area contributed by atoms with Crippen molar-refractivity contribution >= 4 is 11.7 Å². The number of nitrogens with two attached hydrogens (primary N) is 1. The largest absolute Gasteiger partial charge is 0.409 e. The summed E-state index contributed by atoms with van der Waals surface area (Å²) < 4.78 is 0. The summed E-state index contributed by atoms with van der Waals surface area (Å²) >= 11 is 0. The second-order valence-corrected chi connectivity index (χ2v) is 3.81. The van der Waals surface area contributed by atoms with Crippen LogP contribution in [0.2, 0.25) is 0 Å². The van der Waals surface area contributed by atoms with Gasteiger partial charge >= 0.3 is 0 Å². The highest BCUT2D eigenvalue weighted by Gasteiger charge is 2.32. The van der Waals surface area contributed by atoms with Crippen LogP contribution in [0.1, 0.15) is 23.2 Å². The summed E-state index contributed by atoms with van der Waals surface area (Å²) in [7, 11) is 0. The molecule has 17 heavy (non-hydrogen) atoms. The number of carbonyl (C=O) groups is 1. The van der Waals surface area contributed by atoms with Crippen molar-refractivity contribution in [3.05, 3.63) is 24.3 Å². The summed E-state index contributed by atoms with van der Waals surface area (Å²) in [5.74, 6) is -0.132. The number of likely N-dealkylation sites (tertiary alicyclic amines) is 1. The molecule has 0 saturated carbocycles. The summed E-state index contributed by atoms with van der Waals surface area (Å²) in [5, 5.41) is 11.6. The van der Waals surface area contributed by atoms with E-state index in [1.165, 1.54) is 18.7 Å². The molecule has 1 aromatic rings. The second kappa shape index (κ2) is 4.77. The van der Waals surface area contributed by atoms with Crippen molar-refractivity contribution in [3.63, 3.8) is 0 Å². The van der Waals surface area contributed by atoms with Crippen molar-refractivity contribution < 1.29 is 10.0 Å². The van der Waals surface area contributed by atoms with E-state index in [0.29, 0.717) is 18.5 Å². The van der Waals surface area contributed by atoms with E-state index in [-0.39, 0.29) is 17.8 Å². The Morgan fingerprint density at radius 1 is 1.53 bits per heavy atom. The van der Waals surface area contributed by atoms with E-state index in [4.69, 9.17) is 10.9 Å². The van der Waals surface area contributed by atoms with Gasteiger partial charge in [0.15, 0.2) is 5.84 Å². The number of aromatic nitrogens is 2. The maximum absolute atomic E-state index is 12.1. The standard InChI is InChI=1S/C10H13N5O2/c11-9(14-17)8-2-1-3-15(8)10(16)7-4-12-6-13-5-7/h4-6,8,17H,1-3H2,(H2,11,14). The van der Waals surface area contributed by atoms with Crippen LogP contribution in [0.25, 0.3) is 0 Å². The second-order valence-electron chi connectivity index (χ2n) is 3.81. The van der Waals surface area contributed by atoms with Gasteiger partial charge < -0.3 is 15.8 Å². The molecule has 3 N–H and O–H groups in total. The van der Waals surface area contributed by atoms with Crippen LogP contribution in [0.4, 0.5) is 0 Å². The fourth-order valence-electron chi connectivity index (χ4n) is 1.96. The number of rotatable bonds is 2. The first-order valence-electron chi connectivity index (χ1n) is 5.27. The van der Waals surface area contributed by atoms with Crippen LogP contribution < -0.4 is 5.73 Å². The summed E-state index contributed by atoms with van der Waals surface area (Å²) in [6.45, 7) is 0.592. The van der Waals surface area contributed by atoms with E-state index in [0.717, 1.165) is 6.42 Å². The number of carbonyl (C=O) groups excluding carboxylic acids is 1. The van der Waals surface area contributed by atoms with E-state index in [1.807, 2.05) is 0 Å². The molecule has 90 valence electrons. The molecule has 1 aliphatic rings. The molecule has 1 saturated heterocycles. The van der Waals surface area contributed by atoms with Gasteiger partial charge in [0.1, 0.15) is 6.33 Å². The van der Waals surface area contributed by atoms with E-state index in [1.54, 1.807) is 4.90 Å². The molecule has 2 heterocycles. The van der Waals surface area contributed by atoms with Crippen LogP contribution in [0, 0.1) is 0 Å². The van der Waals surface area contributed by atoms with Crippen LogP contribution in [-0.4, -0.2) is 44.4 Å². The van der Waals surface area contributed by atoms with Gasteiger partial charge in [-0.3, -0.25) is 4.79 Å². The minimum absolute atomic E-state index is 0.0627. The highest BCUT2D eigenvalue weighted by Crippen LogP contribution is 2.19. The average molecular weight is 235 g/mol. The number of amides is 1. The number of hydrogen-bond acceptors (Lipinski definition) is 5. The minimum Gasteiger partial charge on any atom is -0.409 e. The molecule has 1 unspecified atom stereocenters. The normalized spacial score (nSPS) is 20.6. The third-order valence-corrected chi connectivity index (χ3v) is 2.78. The first kappa shape index (κ1) is 11.3. The van der Waals surface area contributed by atoms with Gasteiger partial charge in [-0.25, -0.2) is 9.97 Å². The maximum Gasteiger partial charge on any atom is 0.257 e. The zero-order valence-corrected chi connectivity index (χ0v) is 9.15. The molecule has 1 fully saturated rings. The van der Waals surface area contributed by atoms with Crippen LogP contribution >= 0.6 is 0 Å². The number of amidine groups is 1. The van der Waals surface area contributed by atoms with Gasteiger partial charge in [-0.15, -0.1) is 0 Å². The molecule has 0 radical (unpaired) electrons. The predicted octanol–water partition coefficient (Wildman–Crippen LogP) is -0.172. The molecule has 0 spiro atoms. The van der Waals surface area contributed by atoms with E-state index < -0.39 is 0 Å². The Morgan fingerprint density at radius 3 is 2.88 bits per heavy atom. The predicted molar refractivity (Wildman–Crippen MR) is 59.5 cm³/mol. The highest BCUT2D eigenvalue weighted by molar-refractivity contribution is 5.98. The lowest BCUT2D eigenvalue weighted by Crippen LogP contribution is -2.43. The maximum atomic E-state index is 12.1. The van der Waals surface area contributed by atoms with Crippen LogP contribution in [0.5, 0.6) is 0 Å². The fraction of sp³-hybridized carbons (Fsp3) is 0.400. The molecule has 0 aromatic carbocycles. The number of nitrogens with zero attached hydrogens (tertiary/aromatic N) is 4. The molecule has 1 aromatic heterocycles. The lowest BCUT2D eigenvalue weighted by Gasteiger charge is -2.23. The molecule has 7 nitrogen and oxygen atoms in total. The summed E-state index contributed by atoms with van der Waals surface area (Å²) in [6, 6.07) is -0.340. The number of hydrogen-bond donors (Lipinski definition) is 2. The molecular weight excluding hydrogens is 222 g/mol. The van der Waals surface area contributed by atoms with Gasteiger partial charge in [0.25, 0.3) is 5.91 Å². The number of oxime groups is 1. The Balaban J connectivity index is 2.20. The Kier molecular flexibility index (Phi) is 3.17. The Hall–Kier alpha value is -2.18. The Bertz CT molecular complexity index is 434. The third-order valence-electron chi connectivity index (χ3n) is 2.78. The zero-order chi connectivity index (χ0) is 12.3. The van der Waals surface area contributed by atoms with Gasteiger partial charge in [0, 0.05) is 18.9 Å². The average Bonchev–Trinajstić information content (AvgIpc) is 2.87. The summed E-state index contributed by atoms with van der Waals surface area (Å²) in [5.41, 5.74) is 5.97. The molecule has 0 aliphatic carbocycles. The SMILES string of the molecule is NC(=NO)C1CCCN1C(=O)c1cncnc1. The van der Waals surface area contributed by atoms with Gasteiger partial charge in [0.2, 0.25) is 0 Å². The molecule has 1 amide bonds. The first-order valence-corrected chi connectivity index (χ1v) is 5.27. The molecule has 1 aliphatic heterocycles. The third kappa shape index (κ3) is 2.17. The lowest BCUT2D eigenvalue weighted by molar-refractivity contribution is 0.0767. The highest BCUT2D eigenvalue weighted by atomic mass is 16.4. The summed E-state index contributed by atoms with van der Waals surface area (Å²) in [6.07, 6.45) is 5.81. The van der Waals surface area contributed by atoms with Crippen molar-refractivity contribution in [2.75, 3.05) is 6.54 Å². The van der Waals surface area contributed by atoms with E-state index in [2.05, 4.69) is 15.1 Å². The quantitative estimate of drug-likeness (QED) is 0.320. The van der Waals surface area contributed by atoms with Crippen molar-refractivity contribution in [3.8, 4) is 0 Å². The Morgan fingerprint density at radius 2 is 2.24 bits per heavy atom. The lowest BCUT2D eigenvalue weighted by atomic mass is 10.2. The van der Waals surface area contributed by atoms with Gasteiger partial charge in [-0.1, -0.05) is 5.16 Å². The van der Waals surface area contributed by atoms with Crippen LogP contribution in [0.3, 0.4) is 0 Å². The van der Waals surface area contributed by atoms with Crippen LogP contribution in [-0.2, 0) is 0 Å². The van der Waals surface area contributed by atoms with Crippen LogP contribution in [0.15, 0.2) is 23.9 Å². The molecule has 1 atom stereocenters. The van der Waals surface area contributed by atoms with Crippen molar-refractivity contribution in [1.29, 1.82) is 0 Å². The van der Waals surface area contributed by atoms with Crippen molar-refractivity contribution in [2.24, 2.45) is 10.9 Å². The molecular formula is C10H13N5O2. The van der Waals surface area contributed by atoms with Gasteiger partial charge in [-0.05, 0) is 12.8 Å². The molecule has 7 heteroatoms. The Labute approximate surface area is 98.0 Å². The van der Waals surface area contributed by atoms with Crippen molar-refractivity contribution in [2.45, 2.75) is 18.9 Å². The fourth-order valence-corrected chi connectivity index (χ4v) is 1.96. The zero-order valence-electron chi connectivity index (χ0n) is 9.15. The van der Waals surface area contributed by atoms with Crippen molar-refractivity contribution in [1.82, 2.24) is 14.9 Å². The first-order chi connectivity index (χ1) is 8.24. The van der Waals surface area contributed by atoms with E-state index >= 15 is 0 Å². The van der Waals surface area contributed by atoms with Gasteiger partial charge in [-0.2, -0.15) is 0 Å².